The molecule has 0 aromatic carbocycles. The van der Waals surface area contributed by atoms with E-state index in [2.05, 4.69) is 13.8 Å². The second-order valence-corrected chi connectivity index (χ2v) is 3.62. The van der Waals surface area contributed by atoms with E-state index in [1.54, 1.807) is 0 Å². The lowest BCUT2D eigenvalue weighted by atomic mass is 9.98. The number of nitrogens with zero attached hydrogens (tertiary/aromatic N) is 1. The van der Waals surface area contributed by atoms with Crippen molar-refractivity contribution in [3.8, 4) is 0 Å². The Morgan fingerprint density at radius 2 is 1.53 bits per heavy atom. The van der Waals surface area contributed by atoms with E-state index in [0.29, 0.717) is 19.0 Å². The molecule has 0 radical (unpaired) electrons. The van der Waals surface area contributed by atoms with Crippen LogP contribution < -0.4 is 0 Å². The molecule has 0 aromatic rings. The zero-order chi connectivity index (χ0) is 11.0. The Morgan fingerprint density at radius 3 is 1.80 bits per heavy atom. The van der Waals surface area contributed by atoms with Crippen molar-refractivity contribution in [2.75, 3.05) is 32.9 Å². The van der Waals surface area contributed by atoms with Crippen molar-refractivity contribution in [2.24, 2.45) is 5.92 Å². The Hall–Kier alpha value is 0.130. The fourth-order valence-corrected chi connectivity index (χ4v) is 1.63. The first-order valence-electron chi connectivity index (χ1n) is 5.27. The minimum atomic E-state index is 0. The molecule has 0 bridgehead atoms. The largest absolute Gasteiger partial charge is 0.395 e. The maximum atomic E-state index is 9.25. The zero-order valence-corrected chi connectivity index (χ0v) is 10.4. The van der Waals surface area contributed by atoms with E-state index >= 15 is 0 Å². The molecule has 3 N–H and O–H groups in total. The normalized spacial score (nSPS) is 14.8. The Morgan fingerprint density at radius 1 is 1.07 bits per heavy atom. The van der Waals surface area contributed by atoms with Crippen LogP contribution in [0.3, 0.4) is 0 Å². The van der Waals surface area contributed by atoms with Gasteiger partial charge in [-0.2, -0.15) is 0 Å². The average molecular weight is 242 g/mol. The van der Waals surface area contributed by atoms with Crippen LogP contribution in [0.25, 0.3) is 0 Å². The van der Waals surface area contributed by atoms with Crippen LogP contribution in [0, 0.1) is 5.92 Å². The number of halogens is 1. The summed E-state index contributed by atoms with van der Waals surface area (Å²) in [6.45, 7) is 5.37. The van der Waals surface area contributed by atoms with Gasteiger partial charge in [-0.05, 0) is 5.92 Å². The predicted molar refractivity (Wildman–Crippen MR) is 63.3 cm³/mol. The first-order valence-corrected chi connectivity index (χ1v) is 5.27. The molecule has 0 spiro atoms. The summed E-state index contributed by atoms with van der Waals surface area (Å²) >= 11 is 0. The summed E-state index contributed by atoms with van der Waals surface area (Å²) in [6, 6.07) is 0.0410. The molecule has 5 heteroatoms. The van der Waals surface area contributed by atoms with Crippen LogP contribution in [0.15, 0.2) is 0 Å². The van der Waals surface area contributed by atoms with Gasteiger partial charge in [0.25, 0.3) is 0 Å². The van der Waals surface area contributed by atoms with E-state index in [4.69, 9.17) is 10.2 Å². The average Bonchev–Trinajstić information content (AvgIpc) is 2.19. The molecule has 0 aliphatic carbocycles. The summed E-state index contributed by atoms with van der Waals surface area (Å²) in [5, 5.41) is 27.0. The highest BCUT2D eigenvalue weighted by molar-refractivity contribution is 5.85. The van der Waals surface area contributed by atoms with Crippen LogP contribution >= 0.6 is 12.4 Å². The molecule has 4 nitrogen and oxygen atoms in total. The number of aliphatic hydroxyl groups excluding tert-OH is 3. The van der Waals surface area contributed by atoms with Gasteiger partial charge in [-0.1, -0.05) is 20.3 Å². The minimum absolute atomic E-state index is 0. The lowest BCUT2D eigenvalue weighted by Crippen LogP contribution is -2.45. The third-order valence-electron chi connectivity index (χ3n) is 2.73. The quantitative estimate of drug-likeness (QED) is 0.564. The van der Waals surface area contributed by atoms with Crippen LogP contribution in [-0.4, -0.2) is 59.2 Å². The van der Waals surface area contributed by atoms with Gasteiger partial charge in [0.15, 0.2) is 0 Å². The molecule has 94 valence electrons. The summed E-state index contributed by atoms with van der Waals surface area (Å²) in [5.74, 6) is 0.373. The molecule has 2 atom stereocenters. The second kappa shape index (κ2) is 10.6. The van der Waals surface area contributed by atoms with Gasteiger partial charge in [0.05, 0.1) is 19.8 Å². The summed E-state index contributed by atoms with van der Waals surface area (Å²) < 4.78 is 0. The molecular weight excluding hydrogens is 218 g/mol. The molecule has 0 heterocycles. The van der Waals surface area contributed by atoms with E-state index in [1.165, 1.54) is 0 Å². The van der Waals surface area contributed by atoms with Gasteiger partial charge in [0, 0.05) is 19.1 Å². The highest BCUT2D eigenvalue weighted by atomic mass is 35.5. The Balaban J connectivity index is 0. The first kappa shape index (κ1) is 17.5. The fraction of sp³-hybridized carbons (Fsp3) is 1.00. The monoisotopic (exact) mass is 241 g/mol. The molecule has 0 fully saturated rings. The molecule has 0 aliphatic heterocycles. The topological polar surface area (TPSA) is 63.9 Å². The van der Waals surface area contributed by atoms with Crippen molar-refractivity contribution in [3.63, 3.8) is 0 Å². The zero-order valence-electron chi connectivity index (χ0n) is 9.59. The number of hydrogen-bond donors (Lipinski definition) is 3. The van der Waals surface area contributed by atoms with Gasteiger partial charge in [0.2, 0.25) is 0 Å². The molecule has 15 heavy (non-hydrogen) atoms. The molecule has 0 aliphatic rings. The van der Waals surface area contributed by atoms with E-state index in [0.717, 1.165) is 6.42 Å². The number of aliphatic hydroxyl groups is 3. The Kier molecular flexibility index (Phi) is 12.4. The van der Waals surface area contributed by atoms with Gasteiger partial charge >= 0.3 is 0 Å². The standard InChI is InChI=1S/C10H23NO3.ClH/c1-3-9(2)10(8-14)11(4-6-12)5-7-13;/h9-10,12-14H,3-8H2,1-2H3;1H. The van der Waals surface area contributed by atoms with Crippen molar-refractivity contribution in [2.45, 2.75) is 26.3 Å². The lowest BCUT2D eigenvalue weighted by Gasteiger charge is -2.33. The molecule has 0 saturated heterocycles. The summed E-state index contributed by atoms with van der Waals surface area (Å²) in [5.41, 5.74) is 0. The van der Waals surface area contributed by atoms with Crippen molar-refractivity contribution in [1.82, 2.24) is 4.90 Å². The van der Waals surface area contributed by atoms with Crippen LogP contribution in [0.5, 0.6) is 0 Å². The minimum Gasteiger partial charge on any atom is -0.395 e. The maximum Gasteiger partial charge on any atom is 0.0589 e. The van der Waals surface area contributed by atoms with E-state index in [-0.39, 0.29) is 38.3 Å². The fourth-order valence-electron chi connectivity index (χ4n) is 1.63. The third-order valence-corrected chi connectivity index (χ3v) is 2.73. The van der Waals surface area contributed by atoms with Gasteiger partial charge in [-0.3, -0.25) is 4.90 Å². The number of hydrogen-bond acceptors (Lipinski definition) is 4. The van der Waals surface area contributed by atoms with Crippen molar-refractivity contribution >= 4 is 12.4 Å². The molecular formula is C10H24ClNO3. The van der Waals surface area contributed by atoms with Crippen molar-refractivity contribution in [1.29, 1.82) is 0 Å². The van der Waals surface area contributed by atoms with Crippen LogP contribution in [-0.2, 0) is 0 Å². The van der Waals surface area contributed by atoms with E-state index in [1.807, 2.05) is 4.90 Å². The van der Waals surface area contributed by atoms with Crippen LogP contribution in [0.4, 0.5) is 0 Å². The second-order valence-electron chi connectivity index (χ2n) is 3.62. The summed E-state index contributed by atoms with van der Waals surface area (Å²) in [4.78, 5) is 1.94. The first-order chi connectivity index (χ1) is 6.71. The highest BCUT2D eigenvalue weighted by Gasteiger charge is 2.21. The van der Waals surface area contributed by atoms with Gasteiger partial charge in [0.1, 0.15) is 0 Å². The summed E-state index contributed by atoms with van der Waals surface area (Å²) in [6.07, 6.45) is 0.985. The van der Waals surface area contributed by atoms with E-state index < -0.39 is 0 Å². The predicted octanol–water partition coefficient (Wildman–Crippen LogP) is 0.102. The van der Waals surface area contributed by atoms with Gasteiger partial charge < -0.3 is 15.3 Å². The molecule has 0 saturated carbocycles. The van der Waals surface area contributed by atoms with Gasteiger partial charge in [-0.15, -0.1) is 12.4 Å². The Bertz CT molecular complexity index is 132. The third kappa shape index (κ3) is 6.33. The van der Waals surface area contributed by atoms with Crippen molar-refractivity contribution in [3.05, 3.63) is 0 Å². The lowest BCUT2D eigenvalue weighted by molar-refractivity contribution is 0.0554. The van der Waals surface area contributed by atoms with E-state index in [9.17, 15) is 5.11 Å². The van der Waals surface area contributed by atoms with Crippen LogP contribution in [0.1, 0.15) is 20.3 Å². The smallest absolute Gasteiger partial charge is 0.0589 e. The molecule has 0 amide bonds. The SMILES string of the molecule is CCC(C)C(CO)N(CCO)CCO.Cl. The molecule has 0 aromatic heterocycles. The Labute approximate surface area is 98.3 Å². The molecule has 0 rings (SSSR count). The van der Waals surface area contributed by atoms with Crippen LogP contribution in [0.2, 0.25) is 0 Å². The number of rotatable bonds is 8. The molecule has 2 unspecified atom stereocenters. The summed E-state index contributed by atoms with van der Waals surface area (Å²) in [7, 11) is 0. The van der Waals surface area contributed by atoms with Gasteiger partial charge in [-0.25, -0.2) is 0 Å². The maximum absolute atomic E-state index is 9.25. The highest BCUT2D eigenvalue weighted by Crippen LogP contribution is 2.13. The van der Waals surface area contributed by atoms with Crippen molar-refractivity contribution < 1.29 is 15.3 Å².